The topological polar surface area (TPSA) is 12.9 Å². The Bertz CT molecular complexity index is 1090. The Hall–Kier alpha value is -1.83. The van der Waals surface area contributed by atoms with E-state index in [2.05, 4.69) is 63.6 Å². The summed E-state index contributed by atoms with van der Waals surface area (Å²) in [6.45, 7) is 0. The summed E-state index contributed by atoms with van der Waals surface area (Å²) < 4.78 is 0. The highest BCUT2D eigenvalue weighted by Gasteiger charge is 2.30. The Morgan fingerprint density at radius 3 is 1.79 bits per heavy atom. The smallest absolute Gasteiger partial charge is 0.139 e. The summed E-state index contributed by atoms with van der Waals surface area (Å²) >= 11 is 0. The van der Waals surface area contributed by atoms with E-state index >= 15 is 0 Å². The minimum Gasteiger partial charge on any atom is -0.256 e. The molecular weight excluding hydrogens is 332 g/mol. The van der Waals surface area contributed by atoms with E-state index in [9.17, 15) is 0 Å². The molecule has 0 radical (unpaired) electrons. The predicted octanol–water partition coefficient (Wildman–Crippen LogP) is -2.66. The fourth-order valence-corrected chi connectivity index (χ4v) is 5.88. The zero-order chi connectivity index (χ0) is 19.6. The molecule has 1 saturated carbocycles. The Morgan fingerprint density at radius 1 is 0.643 bits per heavy atom. The molecule has 3 aromatic rings. The number of rotatable bonds is 1. The Kier molecular flexibility index (Phi) is 4.30. The first-order valence-corrected chi connectivity index (χ1v) is 11.0. The molecule has 3 aliphatic carbocycles. The highest BCUT2D eigenvalue weighted by molar-refractivity contribution is 6.68. The molecule has 0 aliphatic heterocycles. The summed E-state index contributed by atoms with van der Waals surface area (Å²) in [6.07, 6.45) is 9.03. The molecule has 28 heavy (non-hydrogen) atoms. The van der Waals surface area contributed by atoms with Crippen LogP contribution in [0.1, 0.15) is 55.1 Å². The van der Waals surface area contributed by atoms with Crippen LogP contribution in [0.3, 0.4) is 0 Å². The van der Waals surface area contributed by atoms with Crippen molar-refractivity contribution in [2.75, 3.05) is 0 Å². The summed E-state index contributed by atoms with van der Waals surface area (Å²) in [7, 11) is 11.3. The molecule has 134 valence electrons. The lowest BCUT2D eigenvalue weighted by Crippen LogP contribution is -2.55. The first kappa shape index (κ1) is 18.2. The largest absolute Gasteiger partial charge is 0.256 e. The van der Waals surface area contributed by atoms with Crippen LogP contribution < -0.4 is 27.3 Å². The van der Waals surface area contributed by atoms with Crippen LogP contribution in [0, 0.1) is 0 Å². The van der Waals surface area contributed by atoms with E-state index in [0.717, 1.165) is 17.5 Å². The second-order valence-electron chi connectivity index (χ2n) is 9.30. The number of fused-ring (bicyclic) bond motifs is 4. The molecular formula is C22H26B5N. The second kappa shape index (κ2) is 6.61. The van der Waals surface area contributed by atoms with Gasteiger partial charge < -0.3 is 0 Å². The third kappa shape index (κ3) is 2.64. The Balaban J connectivity index is 1.71. The molecule has 1 aromatic heterocycles. The summed E-state index contributed by atoms with van der Waals surface area (Å²) in [5, 5.41) is 2.68. The van der Waals surface area contributed by atoms with Crippen LogP contribution in [0.2, 0.25) is 0 Å². The van der Waals surface area contributed by atoms with Gasteiger partial charge in [-0.15, -0.1) is 16.4 Å². The zero-order valence-electron chi connectivity index (χ0n) is 17.9. The van der Waals surface area contributed by atoms with Gasteiger partial charge in [0.25, 0.3) is 0 Å². The molecule has 0 spiro atoms. The molecule has 2 atom stereocenters. The van der Waals surface area contributed by atoms with E-state index in [0.29, 0.717) is 0 Å². The van der Waals surface area contributed by atoms with Crippen molar-refractivity contribution in [2.45, 2.75) is 43.9 Å². The van der Waals surface area contributed by atoms with Crippen LogP contribution in [-0.2, 0) is 0 Å². The average molecular weight is 359 g/mol. The van der Waals surface area contributed by atoms with Crippen LogP contribution in [-0.4, -0.2) is 44.2 Å². The van der Waals surface area contributed by atoms with Crippen molar-refractivity contribution in [3.8, 4) is 11.3 Å². The minimum atomic E-state index is 0.780. The SMILES string of the molecule is Bc1c(B)c(B)c(-c2cc3cc4c(cc3cn2)C2CCCC4CC2)c(B)c1B. The van der Waals surface area contributed by atoms with Gasteiger partial charge in [-0.2, -0.15) is 0 Å². The number of hydrogen-bond acceptors (Lipinski definition) is 1. The maximum atomic E-state index is 4.95. The van der Waals surface area contributed by atoms with Gasteiger partial charge in [0.15, 0.2) is 0 Å². The summed E-state index contributed by atoms with van der Waals surface area (Å²) in [5.74, 6) is 1.56. The summed E-state index contributed by atoms with van der Waals surface area (Å²) in [4.78, 5) is 4.95. The maximum absolute atomic E-state index is 4.95. The van der Waals surface area contributed by atoms with E-state index in [1.807, 2.05) is 0 Å². The monoisotopic (exact) mass is 359 g/mol. The lowest BCUT2D eigenvalue weighted by atomic mass is 9.60. The lowest BCUT2D eigenvalue weighted by Gasteiger charge is -2.28. The third-order valence-corrected chi connectivity index (χ3v) is 8.03. The number of pyridine rings is 1. The number of aromatic nitrogens is 1. The van der Waals surface area contributed by atoms with Crippen molar-refractivity contribution in [1.82, 2.24) is 4.98 Å². The van der Waals surface area contributed by atoms with Gasteiger partial charge in [-0.25, -0.2) is 0 Å². The number of benzene rings is 2. The maximum Gasteiger partial charge on any atom is 0.139 e. The molecule has 6 rings (SSSR count). The van der Waals surface area contributed by atoms with E-state index in [1.165, 1.54) is 75.8 Å². The fourth-order valence-electron chi connectivity index (χ4n) is 5.88. The first-order chi connectivity index (χ1) is 13.5. The standard InChI is InChI=1S/C22H26B5N/c23-18-17(19(24)21(26)22(27)20(18)25)16-8-12-6-14-10-2-1-3-11(5-4-10)15(14)7-13(12)9-28-16/h6-11H,1-5,23-27H2. The van der Waals surface area contributed by atoms with Crippen LogP contribution in [0.5, 0.6) is 0 Å². The molecule has 2 unspecified atom stereocenters. The first-order valence-electron chi connectivity index (χ1n) is 11.0. The molecule has 0 N–H and O–H groups in total. The average Bonchev–Trinajstić information content (AvgIpc) is 3.04. The molecule has 0 amide bonds. The molecule has 1 fully saturated rings. The molecule has 0 saturated heterocycles. The Labute approximate surface area is 173 Å². The quantitative estimate of drug-likeness (QED) is 0.433. The van der Waals surface area contributed by atoms with Crippen LogP contribution in [0.4, 0.5) is 0 Å². The van der Waals surface area contributed by atoms with Crippen LogP contribution in [0.25, 0.3) is 22.0 Å². The zero-order valence-corrected chi connectivity index (χ0v) is 17.9. The van der Waals surface area contributed by atoms with E-state index in [-0.39, 0.29) is 0 Å². The van der Waals surface area contributed by atoms with Crippen molar-refractivity contribution in [3.05, 3.63) is 35.5 Å². The van der Waals surface area contributed by atoms with Crippen molar-refractivity contribution in [2.24, 2.45) is 0 Å². The van der Waals surface area contributed by atoms with Gasteiger partial charge in [-0.1, -0.05) is 23.4 Å². The molecule has 1 nitrogen and oxygen atoms in total. The highest BCUT2D eigenvalue weighted by atomic mass is 14.7. The molecule has 2 bridgehead atoms. The van der Waals surface area contributed by atoms with Gasteiger partial charge in [-0.05, 0) is 71.7 Å². The van der Waals surface area contributed by atoms with Crippen molar-refractivity contribution in [1.29, 1.82) is 0 Å². The van der Waals surface area contributed by atoms with Gasteiger partial charge in [0, 0.05) is 11.6 Å². The van der Waals surface area contributed by atoms with Gasteiger partial charge in [-0.3, -0.25) is 4.98 Å². The normalized spacial score (nSPS) is 20.9. The second-order valence-corrected chi connectivity index (χ2v) is 9.30. The summed E-state index contributed by atoms with van der Waals surface area (Å²) in [6, 6.07) is 7.32. The molecule has 6 heteroatoms. The van der Waals surface area contributed by atoms with E-state index in [4.69, 9.17) is 4.98 Å². The van der Waals surface area contributed by atoms with Crippen molar-refractivity contribution in [3.63, 3.8) is 0 Å². The molecule has 2 aromatic carbocycles. The van der Waals surface area contributed by atoms with Crippen LogP contribution >= 0.6 is 0 Å². The number of hydrogen-bond donors (Lipinski definition) is 0. The highest BCUT2D eigenvalue weighted by Crippen LogP contribution is 2.48. The van der Waals surface area contributed by atoms with E-state index < -0.39 is 0 Å². The summed E-state index contributed by atoms with van der Waals surface area (Å²) in [5.41, 5.74) is 12.7. The van der Waals surface area contributed by atoms with Gasteiger partial charge in [0.1, 0.15) is 39.2 Å². The fraction of sp³-hybridized carbons (Fsp3) is 0.318. The lowest BCUT2D eigenvalue weighted by molar-refractivity contribution is 0.528. The molecule has 1 heterocycles. The predicted molar refractivity (Wildman–Crippen MR) is 137 cm³/mol. The van der Waals surface area contributed by atoms with Crippen LogP contribution in [0.15, 0.2) is 24.4 Å². The van der Waals surface area contributed by atoms with Gasteiger partial charge >= 0.3 is 0 Å². The van der Waals surface area contributed by atoms with E-state index in [1.54, 1.807) is 11.1 Å². The van der Waals surface area contributed by atoms with Crippen molar-refractivity contribution < 1.29 is 0 Å². The van der Waals surface area contributed by atoms with Gasteiger partial charge in [0.05, 0.1) is 5.69 Å². The third-order valence-electron chi connectivity index (χ3n) is 8.03. The number of nitrogens with zero attached hydrogens (tertiary/aromatic N) is 1. The minimum absolute atomic E-state index is 0.780. The van der Waals surface area contributed by atoms with Gasteiger partial charge in [0.2, 0.25) is 0 Å². The van der Waals surface area contributed by atoms with Crippen molar-refractivity contribution >= 4 is 77.3 Å². The molecule has 3 aliphatic rings. The Morgan fingerprint density at radius 2 is 1.18 bits per heavy atom.